The van der Waals surface area contributed by atoms with E-state index in [9.17, 15) is 4.79 Å². The van der Waals surface area contributed by atoms with Crippen molar-refractivity contribution in [1.82, 2.24) is 9.55 Å². The van der Waals surface area contributed by atoms with Crippen LogP contribution in [0.2, 0.25) is 0 Å². The summed E-state index contributed by atoms with van der Waals surface area (Å²) >= 11 is 1.60. The predicted octanol–water partition coefficient (Wildman–Crippen LogP) is 2.36. The Morgan fingerprint density at radius 1 is 1.42 bits per heavy atom. The van der Waals surface area contributed by atoms with E-state index in [1.54, 1.807) is 11.3 Å². The van der Waals surface area contributed by atoms with Crippen molar-refractivity contribution in [2.24, 2.45) is 10.2 Å². The standard InChI is InChI=1S/C12H12N4O2S/c1-12(2)3-6-7(4-18-12)19-10-8(6)9(17)14-11-15-13-5-16(10)11/h3-5H2,1-2H3. The van der Waals surface area contributed by atoms with Gasteiger partial charge < -0.3 is 4.74 Å². The van der Waals surface area contributed by atoms with Crippen LogP contribution in [-0.2, 0) is 24.4 Å². The molecule has 2 aromatic rings. The summed E-state index contributed by atoms with van der Waals surface area (Å²) in [6.45, 7) is 5.10. The topological polar surface area (TPSA) is 68.8 Å². The number of fused-ring (bicyclic) bond motifs is 5. The minimum Gasteiger partial charge on any atom is -0.370 e. The van der Waals surface area contributed by atoms with Gasteiger partial charge in [0.25, 0.3) is 11.5 Å². The van der Waals surface area contributed by atoms with Crippen LogP contribution in [0.25, 0.3) is 10.2 Å². The van der Waals surface area contributed by atoms with Gasteiger partial charge >= 0.3 is 0 Å². The lowest BCUT2D eigenvalue weighted by atomic mass is 9.94. The van der Waals surface area contributed by atoms with Crippen LogP contribution >= 0.6 is 11.3 Å². The number of ether oxygens (including phenoxy) is 1. The van der Waals surface area contributed by atoms with E-state index in [4.69, 9.17) is 4.74 Å². The number of hydrogen-bond donors (Lipinski definition) is 0. The third-order valence-corrected chi connectivity index (χ3v) is 4.76. The summed E-state index contributed by atoms with van der Waals surface area (Å²) in [5.41, 5.74) is 0.666. The molecule has 4 heterocycles. The largest absolute Gasteiger partial charge is 0.370 e. The fraction of sp³-hybridized carbons (Fsp3) is 0.500. The lowest BCUT2D eigenvalue weighted by Gasteiger charge is -2.29. The number of rotatable bonds is 0. The van der Waals surface area contributed by atoms with Crippen LogP contribution in [0.4, 0.5) is 5.95 Å². The van der Waals surface area contributed by atoms with E-state index in [1.165, 1.54) is 0 Å². The Bertz CT molecular complexity index is 787. The zero-order chi connectivity index (χ0) is 13.2. The molecular formula is C12H12N4O2S. The van der Waals surface area contributed by atoms with Crippen LogP contribution in [0.5, 0.6) is 0 Å². The van der Waals surface area contributed by atoms with Gasteiger partial charge in [-0.2, -0.15) is 10.1 Å². The van der Waals surface area contributed by atoms with E-state index >= 15 is 0 Å². The molecule has 0 spiro atoms. The maximum Gasteiger partial charge on any atom is 0.283 e. The molecule has 0 aromatic carbocycles. The van der Waals surface area contributed by atoms with Crippen LogP contribution < -0.4 is 5.56 Å². The van der Waals surface area contributed by atoms with Gasteiger partial charge in [-0.25, -0.2) is 0 Å². The van der Waals surface area contributed by atoms with Gasteiger partial charge in [0.15, 0.2) is 0 Å². The van der Waals surface area contributed by atoms with Crippen molar-refractivity contribution in [1.29, 1.82) is 0 Å². The van der Waals surface area contributed by atoms with Crippen LogP contribution in [0, 0.1) is 0 Å². The highest BCUT2D eigenvalue weighted by Crippen LogP contribution is 2.38. The Balaban J connectivity index is 2.07. The van der Waals surface area contributed by atoms with E-state index in [0.29, 0.717) is 19.2 Å². The SMILES string of the molecule is CC1(C)Cc2c(sc3c2c(=O)nc2n3CN=N2)CO1. The summed E-state index contributed by atoms with van der Waals surface area (Å²) in [7, 11) is 0. The second-order valence-corrected chi connectivity index (χ2v) is 6.52. The fourth-order valence-corrected chi connectivity index (χ4v) is 3.82. The first-order chi connectivity index (χ1) is 9.05. The molecule has 0 atom stereocenters. The van der Waals surface area contributed by atoms with E-state index < -0.39 is 0 Å². The van der Waals surface area contributed by atoms with Crippen LogP contribution in [-0.4, -0.2) is 15.2 Å². The normalized spacial score (nSPS) is 19.7. The Morgan fingerprint density at radius 2 is 2.26 bits per heavy atom. The second-order valence-electron chi connectivity index (χ2n) is 5.44. The quantitative estimate of drug-likeness (QED) is 0.741. The molecule has 4 rings (SSSR count). The van der Waals surface area contributed by atoms with Gasteiger partial charge in [0.05, 0.1) is 17.6 Å². The molecule has 0 saturated heterocycles. The highest BCUT2D eigenvalue weighted by Gasteiger charge is 2.31. The number of hydrogen-bond acceptors (Lipinski definition) is 6. The summed E-state index contributed by atoms with van der Waals surface area (Å²) in [5, 5.41) is 8.57. The molecule has 0 bridgehead atoms. The summed E-state index contributed by atoms with van der Waals surface area (Å²) in [4.78, 5) is 18.3. The fourth-order valence-electron chi connectivity index (χ4n) is 2.61. The molecule has 2 aliphatic rings. The molecule has 0 radical (unpaired) electrons. The van der Waals surface area contributed by atoms with Crippen molar-refractivity contribution in [3.8, 4) is 0 Å². The highest BCUT2D eigenvalue weighted by molar-refractivity contribution is 7.18. The smallest absolute Gasteiger partial charge is 0.283 e. The Labute approximate surface area is 112 Å². The molecule has 98 valence electrons. The summed E-state index contributed by atoms with van der Waals surface area (Å²) < 4.78 is 7.71. The average Bonchev–Trinajstić information content (AvgIpc) is 2.91. The first kappa shape index (κ1) is 11.2. The van der Waals surface area contributed by atoms with Gasteiger partial charge in [-0.3, -0.25) is 9.36 Å². The first-order valence-electron chi connectivity index (χ1n) is 6.12. The molecule has 2 aromatic heterocycles. The molecule has 7 heteroatoms. The molecule has 19 heavy (non-hydrogen) atoms. The van der Waals surface area contributed by atoms with Crippen molar-refractivity contribution in [3.63, 3.8) is 0 Å². The van der Waals surface area contributed by atoms with E-state index in [1.807, 2.05) is 18.4 Å². The summed E-state index contributed by atoms with van der Waals surface area (Å²) in [6, 6.07) is 0. The molecule has 0 N–H and O–H groups in total. The minimum absolute atomic E-state index is 0.197. The van der Waals surface area contributed by atoms with Gasteiger partial charge in [0.2, 0.25) is 0 Å². The lowest BCUT2D eigenvalue weighted by molar-refractivity contribution is -0.0379. The van der Waals surface area contributed by atoms with Crippen LogP contribution in [0.1, 0.15) is 24.3 Å². The zero-order valence-electron chi connectivity index (χ0n) is 10.6. The Kier molecular flexibility index (Phi) is 2.06. The van der Waals surface area contributed by atoms with Crippen molar-refractivity contribution >= 4 is 27.5 Å². The molecule has 0 fully saturated rings. The van der Waals surface area contributed by atoms with Crippen molar-refractivity contribution in [2.75, 3.05) is 0 Å². The highest BCUT2D eigenvalue weighted by atomic mass is 32.1. The summed E-state index contributed by atoms with van der Waals surface area (Å²) in [5.74, 6) is 0.413. The predicted molar refractivity (Wildman–Crippen MR) is 71.0 cm³/mol. The number of azo groups is 1. The van der Waals surface area contributed by atoms with Gasteiger partial charge in [-0.1, -0.05) is 0 Å². The second kappa shape index (κ2) is 3.49. The number of nitrogens with zero attached hydrogens (tertiary/aromatic N) is 4. The van der Waals surface area contributed by atoms with Crippen molar-refractivity contribution in [3.05, 3.63) is 20.8 Å². The molecule has 2 aliphatic heterocycles. The van der Waals surface area contributed by atoms with E-state index in [2.05, 4.69) is 15.2 Å². The maximum absolute atomic E-state index is 12.2. The van der Waals surface area contributed by atoms with Gasteiger partial charge in [0, 0.05) is 11.3 Å². The minimum atomic E-state index is -0.230. The third-order valence-electron chi connectivity index (χ3n) is 3.54. The third kappa shape index (κ3) is 1.51. The molecule has 0 aliphatic carbocycles. The van der Waals surface area contributed by atoms with Crippen molar-refractivity contribution < 1.29 is 4.74 Å². The van der Waals surface area contributed by atoms with Crippen molar-refractivity contribution in [2.45, 2.75) is 39.1 Å². The molecular weight excluding hydrogens is 264 g/mol. The van der Waals surface area contributed by atoms with Gasteiger partial charge in [-0.15, -0.1) is 16.5 Å². The summed E-state index contributed by atoms with van der Waals surface area (Å²) in [6.07, 6.45) is 0.743. The Morgan fingerprint density at radius 3 is 3.11 bits per heavy atom. The maximum atomic E-state index is 12.2. The molecule has 0 unspecified atom stereocenters. The van der Waals surface area contributed by atoms with E-state index in [-0.39, 0.29) is 11.2 Å². The lowest BCUT2D eigenvalue weighted by Crippen LogP contribution is -2.31. The molecule has 6 nitrogen and oxygen atoms in total. The van der Waals surface area contributed by atoms with E-state index in [0.717, 1.165) is 27.1 Å². The monoisotopic (exact) mass is 276 g/mol. The van der Waals surface area contributed by atoms with Crippen LogP contribution in [0.15, 0.2) is 15.0 Å². The first-order valence-corrected chi connectivity index (χ1v) is 6.93. The van der Waals surface area contributed by atoms with Crippen LogP contribution in [0.3, 0.4) is 0 Å². The van der Waals surface area contributed by atoms with Gasteiger partial charge in [0.1, 0.15) is 11.5 Å². The average molecular weight is 276 g/mol. The molecule has 0 saturated carbocycles. The van der Waals surface area contributed by atoms with Gasteiger partial charge in [-0.05, 0) is 19.4 Å². The molecule has 0 amide bonds. The number of aromatic nitrogens is 2. The number of thiophene rings is 1. The zero-order valence-corrected chi connectivity index (χ0v) is 11.5. The Hall–Kier alpha value is -1.60.